The fourth-order valence-electron chi connectivity index (χ4n) is 1.19. The molecule has 0 fully saturated rings. The lowest BCUT2D eigenvalue weighted by atomic mass is 10.2. The summed E-state index contributed by atoms with van der Waals surface area (Å²) >= 11 is 0. The molecule has 0 aliphatic rings. The van der Waals surface area contributed by atoms with Gasteiger partial charge in [-0.3, -0.25) is 4.79 Å². The standard InChI is InChI=1S/C10H21N3O2/c1-7(2)5-13(6-9(11)14)10(15)12-8(3)4/h7-8H,5-6H2,1-4H3,(H2,11,14)(H,12,15). The fourth-order valence-corrected chi connectivity index (χ4v) is 1.19. The zero-order chi connectivity index (χ0) is 12.0. The highest BCUT2D eigenvalue weighted by Gasteiger charge is 2.17. The van der Waals surface area contributed by atoms with Crippen LogP contribution in [0.3, 0.4) is 0 Å². The molecule has 3 amide bonds. The predicted molar refractivity (Wildman–Crippen MR) is 59.3 cm³/mol. The van der Waals surface area contributed by atoms with Crippen LogP contribution in [0.1, 0.15) is 27.7 Å². The Labute approximate surface area is 91.0 Å². The molecule has 0 spiro atoms. The van der Waals surface area contributed by atoms with Gasteiger partial charge in [0.15, 0.2) is 0 Å². The van der Waals surface area contributed by atoms with Crippen molar-refractivity contribution in [2.75, 3.05) is 13.1 Å². The first-order valence-electron chi connectivity index (χ1n) is 5.16. The van der Waals surface area contributed by atoms with Crippen LogP contribution in [-0.4, -0.2) is 36.0 Å². The Morgan fingerprint density at radius 2 is 1.80 bits per heavy atom. The van der Waals surface area contributed by atoms with Crippen molar-refractivity contribution in [3.8, 4) is 0 Å². The maximum absolute atomic E-state index is 11.6. The van der Waals surface area contributed by atoms with Gasteiger partial charge in [-0.2, -0.15) is 0 Å². The SMILES string of the molecule is CC(C)CN(CC(N)=O)C(=O)NC(C)C. The van der Waals surface area contributed by atoms with Crippen molar-refractivity contribution >= 4 is 11.9 Å². The van der Waals surface area contributed by atoms with Gasteiger partial charge < -0.3 is 16.0 Å². The third-order valence-electron chi connectivity index (χ3n) is 1.63. The van der Waals surface area contributed by atoms with E-state index in [0.29, 0.717) is 12.5 Å². The largest absolute Gasteiger partial charge is 0.368 e. The number of hydrogen-bond acceptors (Lipinski definition) is 2. The van der Waals surface area contributed by atoms with Crippen LogP contribution in [0.4, 0.5) is 4.79 Å². The molecule has 0 aromatic rings. The summed E-state index contributed by atoms with van der Waals surface area (Å²) in [5, 5.41) is 2.73. The van der Waals surface area contributed by atoms with Crippen molar-refractivity contribution in [1.82, 2.24) is 10.2 Å². The number of nitrogens with zero attached hydrogens (tertiary/aromatic N) is 1. The molecule has 0 saturated carbocycles. The minimum atomic E-state index is -0.491. The first-order valence-corrected chi connectivity index (χ1v) is 5.16. The van der Waals surface area contributed by atoms with E-state index in [2.05, 4.69) is 5.32 Å². The van der Waals surface area contributed by atoms with E-state index in [9.17, 15) is 9.59 Å². The molecule has 88 valence electrons. The Hall–Kier alpha value is -1.26. The van der Waals surface area contributed by atoms with Crippen molar-refractivity contribution in [2.45, 2.75) is 33.7 Å². The fraction of sp³-hybridized carbons (Fsp3) is 0.800. The zero-order valence-corrected chi connectivity index (χ0v) is 9.91. The van der Waals surface area contributed by atoms with E-state index >= 15 is 0 Å². The number of carbonyl (C=O) groups excluding carboxylic acids is 2. The summed E-state index contributed by atoms with van der Waals surface area (Å²) in [5.41, 5.74) is 5.08. The number of amides is 3. The van der Waals surface area contributed by atoms with Crippen LogP contribution < -0.4 is 11.1 Å². The van der Waals surface area contributed by atoms with E-state index in [-0.39, 0.29) is 18.6 Å². The van der Waals surface area contributed by atoms with Gasteiger partial charge in [-0.25, -0.2) is 4.79 Å². The molecule has 0 radical (unpaired) electrons. The van der Waals surface area contributed by atoms with E-state index in [0.717, 1.165) is 0 Å². The Balaban J connectivity index is 4.33. The van der Waals surface area contributed by atoms with Crippen LogP contribution in [0.2, 0.25) is 0 Å². The second-order valence-corrected chi connectivity index (χ2v) is 4.34. The average molecular weight is 215 g/mol. The van der Waals surface area contributed by atoms with Crippen LogP contribution in [0.25, 0.3) is 0 Å². The molecule has 15 heavy (non-hydrogen) atoms. The zero-order valence-electron chi connectivity index (χ0n) is 9.91. The van der Waals surface area contributed by atoms with E-state index in [1.165, 1.54) is 4.90 Å². The number of urea groups is 1. The van der Waals surface area contributed by atoms with Crippen molar-refractivity contribution in [3.05, 3.63) is 0 Å². The molecule has 0 atom stereocenters. The lowest BCUT2D eigenvalue weighted by Gasteiger charge is -2.24. The summed E-state index contributed by atoms with van der Waals surface area (Å²) in [6.07, 6.45) is 0. The Bertz CT molecular complexity index is 227. The van der Waals surface area contributed by atoms with E-state index < -0.39 is 5.91 Å². The third kappa shape index (κ3) is 6.76. The first kappa shape index (κ1) is 13.7. The third-order valence-corrected chi connectivity index (χ3v) is 1.63. The monoisotopic (exact) mass is 215 g/mol. The van der Waals surface area contributed by atoms with Gasteiger partial charge in [-0.1, -0.05) is 13.8 Å². The van der Waals surface area contributed by atoms with Crippen molar-refractivity contribution in [2.24, 2.45) is 11.7 Å². The Kier molecular flexibility index (Phi) is 5.74. The molecule has 5 nitrogen and oxygen atoms in total. The van der Waals surface area contributed by atoms with Gasteiger partial charge in [-0.15, -0.1) is 0 Å². The van der Waals surface area contributed by atoms with E-state index in [4.69, 9.17) is 5.73 Å². The number of carbonyl (C=O) groups is 2. The van der Waals surface area contributed by atoms with Gasteiger partial charge in [-0.05, 0) is 19.8 Å². The summed E-state index contributed by atoms with van der Waals surface area (Å²) in [5.74, 6) is -0.184. The van der Waals surface area contributed by atoms with Crippen molar-refractivity contribution < 1.29 is 9.59 Å². The van der Waals surface area contributed by atoms with Crippen molar-refractivity contribution in [3.63, 3.8) is 0 Å². The molecule has 0 rings (SSSR count). The van der Waals surface area contributed by atoms with Gasteiger partial charge in [0, 0.05) is 12.6 Å². The predicted octanol–water partition coefficient (Wildman–Crippen LogP) is 0.548. The second kappa shape index (κ2) is 6.27. The van der Waals surface area contributed by atoms with Crippen LogP contribution in [0, 0.1) is 5.92 Å². The molecular weight excluding hydrogens is 194 g/mol. The van der Waals surface area contributed by atoms with Gasteiger partial charge in [0.2, 0.25) is 5.91 Å². The number of nitrogens with two attached hydrogens (primary N) is 1. The normalized spacial score (nSPS) is 10.5. The lowest BCUT2D eigenvalue weighted by Crippen LogP contribution is -2.47. The van der Waals surface area contributed by atoms with Crippen LogP contribution in [0.5, 0.6) is 0 Å². The molecule has 3 N–H and O–H groups in total. The smallest absolute Gasteiger partial charge is 0.318 e. The first-order chi connectivity index (χ1) is 6.82. The minimum Gasteiger partial charge on any atom is -0.368 e. The van der Waals surface area contributed by atoms with Crippen LogP contribution in [0.15, 0.2) is 0 Å². The van der Waals surface area contributed by atoms with Crippen LogP contribution in [-0.2, 0) is 4.79 Å². The topological polar surface area (TPSA) is 75.4 Å². The maximum Gasteiger partial charge on any atom is 0.318 e. The lowest BCUT2D eigenvalue weighted by molar-refractivity contribution is -0.118. The maximum atomic E-state index is 11.6. The summed E-state index contributed by atoms with van der Waals surface area (Å²) in [6, 6.07) is -0.183. The van der Waals surface area contributed by atoms with Crippen molar-refractivity contribution in [1.29, 1.82) is 0 Å². The summed E-state index contributed by atoms with van der Waals surface area (Å²) in [4.78, 5) is 23.9. The number of primary amides is 1. The van der Waals surface area contributed by atoms with Gasteiger partial charge in [0.1, 0.15) is 6.54 Å². The Morgan fingerprint density at radius 1 is 1.27 bits per heavy atom. The summed E-state index contributed by atoms with van der Waals surface area (Å²) < 4.78 is 0. The number of nitrogens with one attached hydrogen (secondary N) is 1. The molecule has 0 aliphatic carbocycles. The number of hydrogen-bond donors (Lipinski definition) is 2. The highest BCUT2D eigenvalue weighted by Crippen LogP contribution is 1.99. The molecule has 5 heteroatoms. The molecule has 0 bridgehead atoms. The van der Waals surface area contributed by atoms with E-state index in [1.54, 1.807) is 0 Å². The molecule has 0 aromatic heterocycles. The molecule has 0 heterocycles. The quantitative estimate of drug-likeness (QED) is 0.702. The molecular formula is C10H21N3O2. The molecule has 0 unspecified atom stereocenters. The van der Waals surface area contributed by atoms with Gasteiger partial charge >= 0.3 is 6.03 Å². The molecule has 0 aromatic carbocycles. The van der Waals surface area contributed by atoms with Crippen LogP contribution >= 0.6 is 0 Å². The number of rotatable bonds is 5. The second-order valence-electron chi connectivity index (χ2n) is 4.34. The van der Waals surface area contributed by atoms with Gasteiger partial charge in [0.25, 0.3) is 0 Å². The Morgan fingerprint density at radius 3 is 2.13 bits per heavy atom. The minimum absolute atomic E-state index is 0.0310. The highest BCUT2D eigenvalue weighted by molar-refractivity contribution is 5.83. The molecule has 0 saturated heterocycles. The molecule has 0 aliphatic heterocycles. The highest BCUT2D eigenvalue weighted by atomic mass is 16.2. The summed E-state index contributed by atoms with van der Waals surface area (Å²) in [6.45, 7) is 8.21. The summed E-state index contributed by atoms with van der Waals surface area (Å²) in [7, 11) is 0. The van der Waals surface area contributed by atoms with Gasteiger partial charge in [0.05, 0.1) is 0 Å². The average Bonchev–Trinajstić information content (AvgIpc) is 1.99. The van der Waals surface area contributed by atoms with E-state index in [1.807, 2.05) is 27.7 Å².